The monoisotopic (exact) mass is 180 g/mol. The molecule has 1 fully saturated rings. The lowest BCUT2D eigenvalue weighted by Gasteiger charge is -2.41. The molecule has 1 atom stereocenters. The maximum Gasteiger partial charge on any atom is 0.0252 e. The minimum atomic E-state index is 0.237. The standard InChI is InChI=1S/C11H20N2/c1-5-6-10(2)13-8-7-12-11(3,4)9-13/h1,10,12H,6-9H2,2-4H3. The van der Waals surface area contributed by atoms with Crippen LogP contribution in [0.4, 0.5) is 0 Å². The fourth-order valence-corrected chi connectivity index (χ4v) is 1.86. The number of hydrogen-bond acceptors (Lipinski definition) is 2. The second-order valence-electron chi connectivity index (χ2n) is 4.54. The zero-order chi connectivity index (χ0) is 9.90. The first kappa shape index (κ1) is 10.6. The van der Waals surface area contributed by atoms with Crippen LogP contribution in [0, 0.1) is 12.3 Å². The lowest BCUT2D eigenvalue weighted by atomic mass is 10.0. The Morgan fingerprint density at radius 2 is 2.31 bits per heavy atom. The van der Waals surface area contributed by atoms with E-state index in [-0.39, 0.29) is 5.54 Å². The van der Waals surface area contributed by atoms with Gasteiger partial charge in [0.1, 0.15) is 0 Å². The van der Waals surface area contributed by atoms with Gasteiger partial charge in [-0.15, -0.1) is 12.3 Å². The molecule has 0 saturated carbocycles. The number of hydrogen-bond donors (Lipinski definition) is 1. The van der Waals surface area contributed by atoms with E-state index in [1.165, 1.54) is 0 Å². The Bertz CT molecular complexity index is 203. The van der Waals surface area contributed by atoms with E-state index in [1.807, 2.05) is 0 Å². The Labute approximate surface area is 81.7 Å². The minimum absolute atomic E-state index is 0.237. The molecule has 1 aliphatic rings. The van der Waals surface area contributed by atoms with E-state index in [9.17, 15) is 0 Å². The molecule has 74 valence electrons. The third-order valence-electron chi connectivity index (χ3n) is 2.64. The van der Waals surface area contributed by atoms with Crippen LogP contribution in [0.2, 0.25) is 0 Å². The number of nitrogens with one attached hydrogen (secondary N) is 1. The molecule has 1 saturated heterocycles. The van der Waals surface area contributed by atoms with Crippen molar-refractivity contribution in [1.82, 2.24) is 10.2 Å². The number of piperazine rings is 1. The van der Waals surface area contributed by atoms with Gasteiger partial charge in [-0.05, 0) is 20.8 Å². The maximum atomic E-state index is 5.31. The summed E-state index contributed by atoms with van der Waals surface area (Å²) in [6.07, 6.45) is 6.17. The van der Waals surface area contributed by atoms with Gasteiger partial charge in [-0.3, -0.25) is 4.90 Å². The molecule has 0 radical (unpaired) electrons. The molecule has 2 heteroatoms. The van der Waals surface area contributed by atoms with E-state index in [0.717, 1.165) is 26.1 Å². The molecule has 0 amide bonds. The van der Waals surface area contributed by atoms with Crippen molar-refractivity contribution in [2.45, 2.75) is 38.8 Å². The summed E-state index contributed by atoms with van der Waals surface area (Å²) in [5.74, 6) is 2.73. The molecule has 1 N–H and O–H groups in total. The van der Waals surface area contributed by atoms with Gasteiger partial charge < -0.3 is 5.32 Å². The van der Waals surface area contributed by atoms with Crippen LogP contribution in [-0.4, -0.2) is 36.1 Å². The van der Waals surface area contributed by atoms with Crippen LogP contribution in [-0.2, 0) is 0 Å². The van der Waals surface area contributed by atoms with Crippen molar-refractivity contribution in [2.24, 2.45) is 0 Å². The topological polar surface area (TPSA) is 15.3 Å². The first-order chi connectivity index (χ1) is 6.05. The quantitative estimate of drug-likeness (QED) is 0.640. The van der Waals surface area contributed by atoms with Gasteiger partial charge in [0.05, 0.1) is 0 Å². The fourth-order valence-electron chi connectivity index (χ4n) is 1.86. The molecule has 0 bridgehead atoms. The van der Waals surface area contributed by atoms with E-state index in [0.29, 0.717) is 6.04 Å². The Balaban J connectivity index is 2.47. The highest BCUT2D eigenvalue weighted by Crippen LogP contribution is 2.13. The summed E-state index contributed by atoms with van der Waals surface area (Å²) in [4.78, 5) is 2.47. The van der Waals surface area contributed by atoms with Crippen molar-refractivity contribution in [3.8, 4) is 12.3 Å². The largest absolute Gasteiger partial charge is 0.309 e. The van der Waals surface area contributed by atoms with Crippen LogP contribution in [0.1, 0.15) is 27.2 Å². The van der Waals surface area contributed by atoms with Gasteiger partial charge in [-0.1, -0.05) is 0 Å². The van der Waals surface area contributed by atoms with Gasteiger partial charge in [0.25, 0.3) is 0 Å². The van der Waals surface area contributed by atoms with Crippen molar-refractivity contribution in [1.29, 1.82) is 0 Å². The smallest absolute Gasteiger partial charge is 0.0252 e. The third-order valence-corrected chi connectivity index (χ3v) is 2.64. The molecule has 13 heavy (non-hydrogen) atoms. The second-order valence-corrected chi connectivity index (χ2v) is 4.54. The van der Waals surface area contributed by atoms with Crippen LogP contribution in [0.15, 0.2) is 0 Å². The summed E-state index contributed by atoms with van der Waals surface area (Å²) in [5, 5.41) is 3.49. The number of nitrogens with zero attached hydrogens (tertiary/aromatic N) is 1. The predicted molar refractivity (Wildman–Crippen MR) is 56.6 cm³/mol. The highest BCUT2D eigenvalue weighted by atomic mass is 15.2. The lowest BCUT2D eigenvalue weighted by molar-refractivity contribution is 0.118. The lowest BCUT2D eigenvalue weighted by Crippen LogP contribution is -2.58. The van der Waals surface area contributed by atoms with Gasteiger partial charge in [0.2, 0.25) is 0 Å². The van der Waals surface area contributed by atoms with E-state index < -0.39 is 0 Å². The Kier molecular flexibility index (Phi) is 3.35. The molecule has 1 aliphatic heterocycles. The molecule has 0 aromatic rings. The fraction of sp³-hybridized carbons (Fsp3) is 0.818. The van der Waals surface area contributed by atoms with Crippen LogP contribution in [0.25, 0.3) is 0 Å². The number of terminal acetylenes is 1. The predicted octanol–water partition coefficient (Wildman–Crippen LogP) is 1.08. The van der Waals surface area contributed by atoms with Crippen LogP contribution < -0.4 is 5.32 Å². The normalized spacial score (nSPS) is 25.1. The van der Waals surface area contributed by atoms with Gasteiger partial charge >= 0.3 is 0 Å². The van der Waals surface area contributed by atoms with E-state index in [1.54, 1.807) is 0 Å². The van der Waals surface area contributed by atoms with Gasteiger partial charge in [0.15, 0.2) is 0 Å². The summed E-state index contributed by atoms with van der Waals surface area (Å²) in [6, 6.07) is 0.520. The first-order valence-electron chi connectivity index (χ1n) is 4.98. The van der Waals surface area contributed by atoms with Gasteiger partial charge in [0, 0.05) is 37.6 Å². The van der Waals surface area contributed by atoms with Crippen LogP contribution >= 0.6 is 0 Å². The molecule has 0 aromatic heterocycles. The summed E-state index contributed by atoms with van der Waals surface area (Å²) in [5.41, 5.74) is 0.237. The van der Waals surface area contributed by atoms with Gasteiger partial charge in [-0.2, -0.15) is 0 Å². The average Bonchev–Trinajstić information content (AvgIpc) is 2.03. The molecule has 1 heterocycles. The zero-order valence-electron chi connectivity index (χ0n) is 8.93. The minimum Gasteiger partial charge on any atom is -0.309 e. The molecule has 1 rings (SSSR count). The zero-order valence-corrected chi connectivity index (χ0v) is 8.93. The second kappa shape index (κ2) is 4.13. The molecule has 0 spiro atoms. The highest BCUT2D eigenvalue weighted by molar-refractivity contribution is 4.93. The highest BCUT2D eigenvalue weighted by Gasteiger charge is 2.27. The van der Waals surface area contributed by atoms with Crippen LogP contribution in [0.5, 0.6) is 0 Å². The Morgan fingerprint density at radius 3 is 2.85 bits per heavy atom. The molecule has 2 nitrogen and oxygen atoms in total. The third kappa shape index (κ3) is 3.02. The SMILES string of the molecule is C#CCC(C)N1CCNC(C)(C)C1. The molecule has 0 aliphatic carbocycles. The van der Waals surface area contributed by atoms with E-state index >= 15 is 0 Å². The maximum absolute atomic E-state index is 5.31. The number of rotatable bonds is 2. The van der Waals surface area contributed by atoms with Crippen molar-refractivity contribution < 1.29 is 0 Å². The summed E-state index contributed by atoms with van der Waals surface area (Å²) in [7, 11) is 0. The Hall–Kier alpha value is -0.520. The summed E-state index contributed by atoms with van der Waals surface area (Å²) < 4.78 is 0. The van der Waals surface area contributed by atoms with Crippen LogP contribution in [0.3, 0.4) is 0 Å². The average molecular weight is 180 g/mol. The molecule has 1 unspecified atom stereocenters. The molecular weight excluding hydrogens is 160 g/mol. The molecule has 0 aromatic carbocycles. The van der Waals surface area contributed by atoms with E-state index in [4.69, 9.17) is 6.42 Å². The molecular formula is C11H20N2. The van der Waals surface area contributed by atoms with Gasteiger partial charge in [-0.25, -0.2) is 0 Å². The summed E-state index contributed by atoms with van der Waals surface area (Å²) in [6.45, 7) is 9.97. The first-order valence-corrected chi connectivity index (χ1v) is 4.98. The van der Waals surface area contributed by atoms with E-state index in [2.05, 4.69) is 36.9 Å². The van der Waals surface area contributed by atoms with Crippen molar-refractivity contribution in [3.05, 3.63) is 0 Å². The van der Waals surface area contributed by atoms with Crippen molar-refractivity contribution in [3.63, 3.8) is 0 Å². The Morgan fingerprint density at radius 1 is 1.62 bits per heavy atom. The summed E-state index contributed by atoms with van der Waals surface area (Å²) >= 11 is 0. The van der Waals surface area contributed by atoms with Crippen molar-refractivity contribution in [2.75, 3.05) is 19.6 Å². The van der Waals surface area contributed by atoms with Crippen molar-refractivity contribution >= 4 is 0 Å².